The zero-order valence-electron chi connectivity index (χ0n) is 9.69. The molecule has 4 N–H and O–H groups in total. The third kappa shape index (κ3) is 2.44. The Morgan fingerprint density at radius 3 is 2.88 bits per heavy atom. The predicted molar refractivity (Wildman–Crippen MR) is 59.2 cm³/mol. The van der Waals surface area contributed by atoms with Crippen molar-refractivity contribution in [3.8, 4) is 0 Å². The Hall–Kier alpha value is -1.30. The van der Waals surface area contributed by atoms with E-state index in [0.29, 0.717) is 19.6 Å². The van der Waals surface area contributed by atoms with Gasteiger partial charge in [-0.2, -0.15) is 0 Å². The molecule has 0 aliphatic carbocycles. The van der Waals surface area contributed by atoms with Gasteiger partial charge in [0.1, 0.15) is 5.41 Å². The third-order valence-electron chi connectivity index (χ3n) is 3.15. The molecule has 1 aliphatic rings. The highest BCUT2D eigenvalue weighted by Gasteiger charge is 2.37. The molecule has 1 amide bonds. The number of carbonyl (C=O) groups is 1. The van der Waals surface area contributed by atoms with Gasteiger partial charge in [-0.05, 0) is 19.8 Å². The maximum absolute atomic E-state index is 12.0. The van der Waals surface area contributed by atoms with Crippen LogP contribution in [-0.2, 0) is 9.53 Å². The van der Waals surface area contributed by atoms with E-state index in [9.17, 15) is 4.79 Å². The molecule has 1 fully saturated rings. The highest BCUT2D eigenvalue weighted by atomic mass is 16.5. The van der Waals surface area contributed by atoms with Gasteiger partial charge in [0.2, 0.25) is 5.91 Å². The van der Waals surface area contributed by atoms with Gasteiger partial charge in [0.25, 0.3) is 0 Å². The molecule has 0 aromatic heterocycles. The van der Waals surface area contributed by atoms with Crippen molar-refractivity contribution in [1.82, 2.24) is 5.32 Å². The Morgan fingerprint density at radius 1 is 1.75 bits per heavy atom. The lowest BCUT2D eigenvalue weighted by atomic mass is 9.85. The number of nitrogens with one attached hydrogen (secondary N) is 1. The van der Waals surface area contributed by atoms with E-state index in [1.54, 1.807) is 6.92 Å². The molecule has 0 bridgehead atoms. The van der Waals surface area contributed by atoms with Crippen LogP contribution in [0.2, 0.25) is 0 Å². The van der Waals surface area contributed by atoms with Crippen molar-refractivity contribution in [3.05, 3.63) is 0 Å². The molecule has 6 nitrogen and oxygen atoms in total. The second-order valence-corrected chi connectivity index (χ2v) is 4.20. The number of hydrogen-bond acceptors (Lipinski definition) is 4. The van der Waals surface area contributed by atoms with Gasteiger partial charge >= 0.3 is 0 Å². The lowest BCUT2D eigenvalue weighted by Crippen LogP contribution is -2.50. The first kappa shape index (κ1) is 12.8. The minimum absolute atomic E-state index is 0.0323. The van der Waals surface area contributed by atoms with E-state index >= 15 is 0 Å². The van der Waals surface area contributed by atoms with Crippen LogP contribution >= 0.6 is 0 Å². The lowest BCUT2D eigenvalue weighted by Gasteiger charge is -2.26. The number of ether oxygens (including phenoxy) is 1. The van der Waals surface area contributed by atoms with E-state index in [0.717, 1.165) is 6.42 Å². The van der Waals surface area contributed by atoms with Crippen LogP contribution in [0.25, 0.3) is 0 Å². The highest BCUT2D eigenvalue weighted by molar-refractivity contribution is 6.06. The van der Waals surface area contributed by atoms with E-state index in [1.165, 1.54) is 0 Å². The van der Waals surface area contributed by atoms with Crippen LogP contribution < -0.4 is 11.1 Å². The first-order valence-corrected chi connectivity index (χ1v) is 5.41. The van der Waals surface area contributed by atoms with Crippen molar-refractivity contribution in [2.75, 3.05) is 13.2 Å². The molecule has 2 unspecified atom stereocenters. The number of oxime groups is 1. The molecule has 6 heteroatoms. The van der Waals surface area contributed by atoms with Gasteiger partial charge in [-0.3, -0.25) is 4.79 Å². The Balaban J connectivity index is 2.68. The predicted octanol–water partition coefficient (Wildman–Crippen LogP) is 0.0542. The van der Waals surface area contributed by atoms with Crippen LogP contribution in [0.1, 0.15) is 26.7 Å². The molecule has 1 saturated heterocycles. The molecular weight excluding hydrogens is 210 g/mol. The standard InChI is InChI=1S/C10H19N3O3/c1-3-10(2,8(11)13-15)9(14)12-7-4-5-16-6-7/h7,15H,3-6H2,1-2H3,(H2,11,13)(H,12,14). The minimum Gasteiger partial charge on any atom is -0.409 e. The summed E-state index contributed by atoms with van der Waals surface area (Å²) in [6.45, 7) is 4.68. The number of nitrogens with zero attached hydrogens (tertiary/aromatic N) is 1. The van der Waals surface area contributed by atoms with E-state index < -0.39 is 5.41 Å². The molecule has 0 aromatic carbocycles. The monoisotopic (exact) mass is 229 g/mol. The number of rotatable bonds is 4. The summed E-state index contributed by atoms with van der Waals surface area (Å²) in [5.41, 5.74) is 4.58. The Labute approximate surface area is 94.8 Å². The zero-order valence-corrected chi connectivity index (χ0v) is 9.69. The van der Waals surface area contributed by atoms with Gasteiger partial charge in [-0.25, -0.2) is 0 Å². The van der Waals surface area contributed by atoms with Crippen molar-refractivity contribution < 1.29 is 14.7 Å². The van der Waals surface area contributed by atoms with Crippen LogP contribution in [0.3, 0.4) is 0 Å². The van der Waals surface area contributed by atoms with Gasteiger partial charge in [0.15, 0.2) is 5.84 Å². The molecule has 16 heavy (non-hydrogen) atoms. The summed E-state index contributed by atoms with van der Waals surface area (Å²) >= 11 is 0. The zero-order chi connectivity index (χ0) is 12.2. The van der Waals surface area contributed by atoms with Crippen LogP contribution in [0, 0.1) is 5.41 Å². The Kier molecular flexibility index (Phi) is 4.12. The molecule has 1 heterocycles. The smallest absolute Gasteiger partial charge is 0.233 e. The molecule has 0 radical (unpaired) electrons. The molecule has 0 spiro atoms. The fraction of sp³-hybridized carbons (Fsp3) is 0.800. The fourth-order valence-electron chi connectivity index (χ4n) is 1.56. The van der Waals surface area contributed by atoms with Gasteiger partial charge in [0, 0.05) is 6.61 Å². The number of carbonyl (C=O) groups excluding carboxylic acids is 1. The van der Waals surface area contributed by atoms with Gasteiger partial charge in [-0.1, -0.05) is 12.1 Å². The summed E-state index contributed by atoms with van der Waals surface area (Å²) in [4.78, 5) is 12.0. The number of nitrogens with two attached hydrogens (primary N) is 1. The summed E-state index contributed by atoms with van der Waals surface area (Å²) < 4.78 is 5.17. The first-order valence-electron chi connectivity index (χ1n) is 5.41. The van der Waals surface area contributed by atoms with Crippen LogP contribution in [0.4, 0.5) is 0 Å². The number of amides is 1. The fourth-order valence-corrected chi connectivity index (χ4v) is 1.56. The maximum Gasteiger partial charge on any atom is 0.233 e. The first-order chi connectivity index (χ1) is 7.54. The molecule has 92 valence electrons. The van der Waals surface area contributed by atoms with E-state index in [2.05, 4.69) is 10.5 Å². The summed E-state index contributed by atoms with van der Waals surface area (Å²) in [6.07, 6.45) is 1.28. The Bertz CT molecular complexity index is 287. The largest absolute Gasteiger partial charge is 0.409 e. The number of amidine groups is 1. The highest BCUT2D eigenvalue weighted by Crippen LogP contribution is 2.22. The van der Waals surface area contributed by atoms with Gasteiger partial charge in [-0.15, -0.1) is 0 Å². The molecule has 2 atom stereocenters. The van der Waals surface area contributed by atoms with E-state index in [-0.39, 0.29) is 17.8 Å². The van der Waals surface area contributed by atoms with Gasteiger partial charge in [0.05, 0.1) is 12.6 Å². The van der Waals surface area contributed by atoms with Crippen molar-refractivity contribution in [1.29, 1.82) is 0 Å². The second kappa shape index (κ2) is 5.16. The van der Waals surface area contributed by atoms with Crippen LogP contribution in [0.15, 0.2) is 5.16 Å². The molecule has 1 aliphatic heterocycles. The van der Waals surface area contributed by atoms with Crippen molar-refractivity contribution in [2.24, 2.45) is 16.3 Å². The van der Waals surface area contributed by atoms with E-state index in [1.807, 2.05) is 6.92 Å². The molecular formula is C10H19N3O3. The summed E-state index contributed by atoms with van der Waals surface area (Å²) in [6, 6.07) is 0.0323. The van der Waals surface area contributed by atoms with Crippen molar-refractivity contribution in [2.45, 2.75) is 32.7 Å². The quantitative estimate of drug-likeness (QED) is 0.275. The number of hydrogen-bond donors (Lipinski definition) is 3. The topological polar surface area (TPSA) is 96.9 Å². The summed E-state index contributed by atoms with van der Waals surface area (Å²) in [7, 11) is 0. The molecule has 0 aromatic rings. The molecule has 1 rings (SSSR count). The lowest BCUT2D eigenvalue weighted by molar-refractivity contribution is -0.127. The normalized spacial score (nSPS) is 25.1. The van der Waals surface area contributed by atoms with Crippen LogP contribution in [0.5, 0.6) is 0 Å². The van der Waals surface area contributed by atoms with Crippen molar-refractivity contribution >= 4 is 11.7 Å². The molecule has 0 saturated carbocycles. The Morgan fingerprint density at radius 2 is 2.44 bits per heavy atom. The summed E-state index contributed by atoms with van der Waals surface area (Å²) in [5, 5.41) is 14.4. The average Bonchev–Trinajstić information content (AvgIpc) is 2.79. The maximum atomic E-state index is 12.0. The SMILES string of the molecule is CCC(C)(C(=O)NC1CCOC1)C(N)=NO. The third-order valence-corrected chi connectivity index (χ3v) is 3.15. The summed E-state index contributed by atoms with van der Waals surface area (Å²) in [5.74, 6) is -0.285. The van der Waals surface area contributed by atoms with Crippen molar-refractivity contribution in [3.63, 3.8) is 0 Å². The van der Waals surface area contributed by atoms with E-state index in [4.69, 9.17) is 15.7 Å². The second-order valence-electron chi connectivity index (χ2n) is 4.20. The minimum atomic E-state index is -0.961. The van der Waals surface area contributed by atoms with Crippen LogP contribution in [-0.4, -0.2) is 36.2 Å². The van der Waals surface area contributed by atoms with Gasteiger partial charge < -0.3 is 21.0 Å². The average molecular weight is 229 g/mol.